The fourth-order valence-corrected chi connectivity index (χ4v) is 3.64. The molecule has 0 saturated heterocycles. The fourth-order valence-electron chi connectivity index (χ4n) is 2.54. The van der Waals surface area contributed by atoms with Crippen LogP contribution in [0.1, 0.15) is 16.0 Å². The molecule has 0 atom stereocenters. The van der Waals surface area contributed by atoms with Crippen LogP contribution in [0, 0.1) is 0 Å². The molecule has 3 nitrogen and oxygen atoms in total. The standard InChI is InChI=1S/C20H19Cl2NO2S.ClH/c1-24-19-10-14(11-23-12-15-5-2-3-7-17(15)21)9-18(22)20(19)25-13-16-6-4-8-26-16;/h2-10,23H,11-13H2,1H3;1H. The first kappa shape index (κ1) is 21.9. The van der Waals surface area contributed by atoms with Crippen molar-refractivity contribution in [2.75, 3.05) is 7.11 Å². The lowest BCUT2D eigenvalue weighted by atomic mass is 10.2. The molecule has 0 aliphatic carbocycles. The zero-order valence-electron chi connectivity index (χ0n) is 14.7. The molecular formula is C20H20Cl3NO2S. The summed E-state index contributed by atoms with van der Waals surface area (Å²) in [6.07, 6.45) is 0. The number of thiophene rings is 1. The molecule has 0 bridgehead atoms. The van der Waals surface area contributed by atoms with Gasteiger partial charge >= 0.3 is 0 Å². The highest BCUT2D eigenvalue weighted by molar-refractivity contribution is 7.09. The first-order valence-electron chi connectivity index (χ1n) is 8.13. The van der Waals surface area contributed by atoms with Gasteiger partial charge in [0.1, 0.15) is 6.61 Å². The number of hydrogen-bond acceptors (Lipinski definition) is 4. The van der Waals surface area contributed by atoms with Crippen LogP contribution in [0.4, 0.5) is 0 Å². The smallest absolute Gasteiger partial charge is 0.180 e. The number of methoxy groups -OCH3 is 1. The van der Waals surface area contributed by atoms with Crippen LogP contribution in [0.3, 0.4) is 0 Å². The van der Waals surface area contributed by atoms with Gasteiger partial charge in [0.15, 0.2) is 11.5 Å². The first-order chi connectivity index (χ1) is 12.7. The lowest BCUT2D eigenvalue weighted by Crippen LogP contribution is -2.13. The van der Waals surface area contributed by atoms with Crippen LogP contribution < -0.4 is 14.8 Å². The van der Waals surface area contributed by atoms with Crippen molar-refractivity contribution in [2.45, 2.75) is 19.7 Å². The summed E-state index contributed by atoms with van der Waals surface area (Å²) in [7, 11) is 1.62. The Bertz CT molecular complexity index is 856. The van der Waals surface area contributed by atoms with E-state index in [0.717, 1.165) is 21.0 Å². The molecule has 1 aromatic heterocycles. The Hall–Kier alpha value is -1.43. The molecule has 0 radical (unpaired) electrons. The Morgan fingerprint density at radius 2 is 1.81 bits per heavy atom. The van der Waals surface area contributed by atoms with E-state index in [2.05, 4.69) is 5.32 Å². The number of rotatable bonds is 8. The van der Waals surface area contributed by atoms with Crippen molar-refractivity contribution >= 4 is 46.9 Å². The number of ether oxygens (including phenoxy) is 2. The van der Waals surface area contributed by atoms with Crippen molar-refractivity contribution in [3.63, 3.8) is 0 Å². The molecular weight excluding hydrogens is 425 g/mol. The average Bonchev–Trinajstić information content (AvgIpc) is 3.15. The summed E-state index contributed by atoms with van der Waals surface area (Å²) in [5.41, 5.74) is 2.07. The second kappa shape index (κ2) is 10.8. The third kappa shape index (κ3) is 6.03. The molecule has 1 N–H and O–H groups in total. The van der Waals surface area contributed by atoms with E-state index >= 15 is 0 Å². The van der Waals surface area contributed by atoms with Crippen molar-refractivity contribution < 1.29 is 9.47 Å². The zero-order valence-corrected chi connectivity index (χ0v) is 17.9. The van der Waals surface area contributed by atoms with Crippen molar-refractivity contribution in [3.05, 3.63) is 80.0 Å². The van der Waals surface area contributed by atoms with Gasteiger partial charge in [-0.15, -0.1) is 23.7 Å². The average molecular weight is 445 g/mol. The van der Waals surface area contributed by atoms with E-state index in [9.17, 15) is 0 Å². The van der Waals surface area contributed by atoms with Gasteiger partial charge in [0.2, 0.25) is 0 Å². The predicted molar refractivity (Wildman–Crippen MR) is 116 cm³/mol. The Kier molecular flexibility index (Phi) is 8.74. The molecule has 3 rings (SSSR count). The zero-order chi connectivity index (χ0) is 18.4. The number of nitrogens with one attached hydrogen (secondary N) is 1. The topological polar surface area (TPSA) is 30.5 Å². The van der Waals surface area contributed by atoms with Gasteiger partial charge in [0.25, 0.3) is 0 Å². The molecule has 0 amide bonds. The van der Waals surface area contributed by atoms with Gasteiger partial charge in [0.05, 0.1) is 12.1 Å². The maximum absolute atomic E-state index is 6.42. The largest absolute Gasteiger partial charge is 0.493 e. The molecule has 0 saturated carbocycles. The second-order valence-corrected chi connectivity index (χ2v) is 7.52. The first-order valence-corrected chi connectivity index (χ1v) is 9.76. The highest BCUT2D eigenvalue weighted by Crippen LogP contribution is 2.37. The van der Waals surface area contributed by atoms with Gasteiger partial charge in [0, 0.05) is 23.0 Å². The molecule has 3 aromatic rings. The van der Waals surface area contributed by atoms with Crippen molar-refractivity contribution in [1.82, 2.24) is 5.32 Å². The molecule has 144 valence electrons. The molecule has 7 heteroatoms. The predicted octanol–water partition coefficient (Wildman–Crippen LogP) is 6.35. The van der Waals surface area contributed by atoms with E-state index < -0.39 is 0 Å². The number of benzene rings is 2. The van der Waals surface area contributed by atoms with E-state index in [1.54, 1.807) is 18.4 Å². The lowest BCUT2D eigenvalue weighted by molar-refractivity contribution is 0.287. The second-order valence-electron chi connectivity index (χ2n) is 5.67. The molecule has 2 aromatic carbocycles. The summed E-state index contributed by atoms with van der Waals surface area (Å²) >= 11 is 14.2. The van der Waals surface area contributed by atoms with Gasteiger partial charge < -0.3 is 14.8 Å². The van der Waals surface area contributed by atoms with Crippen molar-refractivity contribution in [2.24, 2.45) is 0 Å². The van der Waals surface area contributed by atoms with Gasteiger partial charge in [-0.1, -0.05) is 47.5 Å². The lowest BCUT2D eigenvalue weighted by Gasteiger charge is -2.14. The Balaban J connectivity index is 0.00000261. The Morgan fingerprint density at radius 3 is 2.52 bits per heavy atom. The summed E-state index contributed by atoms with van der Waals surface area (Å²) < 4.78 is 11.3. The van der Waals surface area contributed by atoms with Gasteiger partial charge in [-0.3, -0.25) is 0 Å². The minimum Gasteiger partial charge on any atom is -0.493 e. The molecule has 27 heavy (non-hydrogen) atoms. The van der Waals surface area contributed by atoms with E-state index in [0.29, 0.717) is 36.2 Å². The van der Waals surface area contributed by atoms with E-state index in [4.69, 9.17) is 32.7 Å². The Labute approximate surface area is 179 Å². The SMILES string of the molecule is COc1cc(CNCc2ccccc2Cl)cc(Cl)c1OCc1cccs1.Cl. The third-order valence-electron chi connectivity index (χ3n) is 3.83. The minimum atomic E-state index is 0. The molecule has 0 unspecified atom stereocenters. The highest BCUT2D eigenvalue weighted by atomic mass is 35.5. The number of halogens is 3. The number of hydrogen-bond donors (Lipinski definition) is 1. The summed E-state index contributed by atoms with van der Waals surface area (Å²) in [4.78, 5) is 1.13. The van der Waals surface area contributed by atoms with E-state index in [1.165, 1.54) is 0 Å². The monoisotopic (exact) mass is 443 g/mol. The maximum atomic E-state index is 6.42. The Morgan fingerprint density at radius 1 is 1.00 bits per heavy atom. The van der Waals surface area contributed by atoms with Crippen LogP contribution >= 0.6 is 46.9 Å². The molecule has 1 heterocycles. The minimum absolute atomic E-state index is 0. The van der Waals surface area contributed by atoms with Crippen LogP contribution in [0.2, 0.25) is 10.0 Å². The van der Waals surface area contributed by atoms with Crippen LogP contribution in [0.5, 0.6) is 11.5 Å². The molecule has 0 spiro atoms. The van der Waals surface area contributed by atoms with Crippen LogP contribution in [-0.2, 0) is 19.7 Å². The van der Waals surface area contributed by atoms with Crippen molar-refractivity contribution in [1.29, 1.82) is 0 Å². The van der Waals surface area contributed by atoms with Crippen molar-refractivity contribution in [3.8, 4) is 11.5 Å². The summed E-state index contributed by atoms with van der Waals surface area (Å²) in [5.74, 6) is 1.20. The third-order valence-corrected chi connectivity index (χ3v) is 5.33. The van der Waals surface area contributed by atoms with Crippen LogP contribution in [0.25, 0.3) is 0 Å². The molecule has 0 fully saturated rings. The summed E-state index contributed by atoms with van der Waals surface area (Å²) in [6, 6.07) is 15.6. The normalized spacial score (nSPS) is 10.3. The van der Waals surface area contributed by atoms with E-state index in [-0.39, 0.29) is 12.4 Å². The maximum Gasteiger partial charge on any atom is 0.180 e. The quantitative estimate of drug-likeness (QED) is 0.439. The summed E-state index contributed by atoms with van der Waals surface area (Å²) in [5, 5.41) is 6.69. The van der Waals surface area contributed by atoms with Gasteiger partial charge in [-0.25, -0.2) is 0 Å². The van der Waals surface area contributed by atoms with E-state index in [1.807, 2.05) is 53.9 Å². The van der Waals surface area contributed by atoms with Gasteiger partial charge in [-0.05, 0) is 40.8 Å². The summed E-state index contributed by atoms with van der Waals surface area (Å²) in [6.45, 7) is 1.79. The molecule has 0 aliphatic rings. The highest BCUT2D eigenvalue weighted by Gasteiger charge is 2.13. The molecule has 0 aliphatic heterocycles. The van der Waals surface area contributed by atoms with Gasteiger partial charge in [-0.2, -0.15) is 0 Å². The fraction of sp³-hybridized carbons (Fsp3) is 0.200. The van der Waals surface area contributed by atoms with Crippen LogP contribution in [-0.4, -0.2) is 7.11 Å². The van der Waals surface area contributed by atoms with Crippen LogP contribution in [0.15, 0.2) is 53.9 Å².